The summed E-state index contributed by atoms with van der Waals surface area (Å²) in [6.07, 6.45) is 11.1. The number of para-hydroxylation sites is 1. The van der Waals surface area contributed by atoms with Crippen molar-refractivity contribution in [2.45, 2.75) is 115 Å². The van der Waals surface area contributed by atoms with Crippen molar-refractivity contribution in [3.8, 4) is 27.4 Å². The van der Waals surface area contributed by atoms with Crippen LogP contribution in [0.4, 0.5) is 23.3 Å². The van der Waals surface area contributed by atoms with Crippen LogP contribution < -0.4 is 25.8 Å². The number of nitrogens with two attached hydrogens (primary N) is 1. The van der Waals surface area contributed by atoms with Gasteiger partial charge in [-0.05, 0) is 124 Å². The Bertz CT molecular complexity index is 2920. The summed E-state index contributed by atoms with van der Waals surface area (Å²) < 4.78 is 5.93. The van der Waals surface area contributed by atoms with E-state index in [2.05, 4.69) is 57.6 Å². The Kier molecular flexibility index (Phi) is 14.7. The van der Waals surface area contributed by atoms with Gasteiger partial charge in [0.25, 0.3) is 0 Å². The first-order valence-electron chi connectivity index (χ1n) is 26.9. The predicted molar refractivity (Wildman–Crippen MR) is 289 cm³/mol. The lowest BCUT2D eigenvalue weighted by Gasteiger charge is -2.42. The van der Waals surface area contributed by atoms with E-state index in [1.165, 1.54) is 10.5 Å². The number of likely N-dealkylation sites (tertiary alicyclic amines) is 2. The summed E-state index contributed by atoms with van der Waals surface area (Å²) in [5, 5.41) is 37.2. The van der Waals surface area contributed by atoms with Gasteiger partial charge in [0.2, 0.25) is 17.8 Å². The number of aliphatic hydroxyl groups is 1. The molecule has 2 bridgehead atoms. The van der Waals surface area contributed by atoms with E-state index in [1.807, 2.05) is 74.8 Å². The van der Waals surface area contributed by atoms with Crippen LogP contribution in [0.15, 0.2) is 83.1 Å². The number of piperidine rings is 2. The standard InChI is InChI=1S/C56H69N13O5S/c1-34(2)51(55(73)68-32-43(70)24-47(68)54(72)58-27-37-8-10-39(11-9-37)52-35(3)61-33-75-52)49-26-50(64-74-49)66-22-15-36(16-23-66)14-19-65-20-17-38(18-21-65)40-28-59-56(60-29-40)69-41-12-13-42(69)31-67(30-41)46-25-45(62-63-53(46)57)44-6-4-5-7-48(44)71/h4-11,25-26,28-29,33-34,36,38,41-43,47,51,70-71H,12-24,27,30-32H2,1-3H3,(H2,57,63)(H,58,72)/t41?,42?,43-,47+,51-/m1/s1. The summed E-state index contributed by atoms with van der Waals surface area (Å²) in [6.45, 7) is 12.9. The zero-order valence-corrected chi connectivity index (χ0v) is 44.0. The van der Waals surface area contributed by atoms with Gasteiger partial charge in [0.05, 0.1) is 33.6 Å². The zero-order chi connectivity index (χ0) is 51.7. The second-order valence-corrected chi connectivity index (χ2v) is 22.6. The number of fused-ring (bicyclic) bond motifs is 2. The van der Waals surface area contributed by atoms with Gasteiger partial charge in [-0.1, -0.05) is 55.4 Å². The number of rotatable bonds is 15. The van der Waals surface area contributed by atoms with Crippen molar-refractivity contribution in [1.82, 2.24) is 45.4 Å². The molecule has 5 saturated heterocycles. The predicted octanol–water partition coefficient (Wildman–Crippen LogP) is 7.00. The molecule has 5 fully saturated rings. The van der Waals surface area contributed by atoms with E-state index in [-0.39, 0.29) is 48.5 Å². The molecule has 2 aromatic carbocycles. The van der Waals surface area contributed by atoms with Crippen molar-refractivity contribution in [2.24, 2.45) is 11.8 Å². The first-order valence-corrected chi connectivity index (χ1v) is 27.8. The molecule has 4 aromatic heterocycles. The number of piperazine rings is 1. The number of aromatic hydroxyl groups is 1. The lowest BCUT2D eigenvalue weighted by molar-refractivity contribution is -0.141. The summed E-state index contributed by atoms with van der Waals surface area (Å²) in [5.74, 6) is 2.40. The largest absolute Gasteiger partial charge is 0.507 e. The number of nitrogens with zero attached hydrogens (tertiary/aromatic N) is 11. The average Bonchev–Trinajstić information content (AvgIpc) is 4.24. The van der Waals surface area contributed by atoms with Crippen LogP contribution in [0.2, 0.25) is 0 Å². The van der Waals surface area contributed by atoms with E-state index >= 15 is 0 Å². The van der Waals surface area contributed by atoms with Crippen LogP contribution in [0.5, 0.6) is 5.75 Å². The van der Waals surface area contributed by atoms with Crippen molar-refractivity contribution in [1.29, 1.82) is 0 Å². The number of benzene rings is 2. The van der Waals surface area contributed by atoms with Gasteiger partial charge < -0.3 is 50.3 Å². The Morgan fingerprint density at radius 3 is 2.31 bits per heavy atom. The number of aromatic nitrogens is 6. The van der Waals surface area contributed by atoms with Gasteiger partial charge in [0.15, 0.2) is 17.4 Å². The van der Waals surface area contributed by atoms with Crippen LogP contribution >= 0.6 is 11.3 Å². The number of carbonyl (C=O) groups excluding carboxylic acids is 2. The maximum absolute atomic E-state index is 14.3. The normalized spacial score (nSPS) is 22.1. The molecule has 75 heavy (non-hydrogen) atoms. The molecule has 9 heterocycles. The number of thiazole rings is 1. The molecule has 0 spiro atoms. The number of phenolic OH excluding ortho intramolecular Hbond substituents is 1. The molecule has 0 aliphatic carbocycles. The van der Waals surface area contributed by atoms with Crippen LogP contribution in [-0.4, -0.2) is 139 Å². The molecule has 5 aliphatic rings. The van der Waals surface area contributed by atoms with Crippen LogP contribution in [0, 0.1) is 18.8 Å². The number of nitrogen functional groups attached to an aromatic ring is 1. The lowest BCUT2D eigenvalue weighted by atomic mass is 9.89. The van der Waals surface area contributed by atoms with Crippen LogP contribution in [0.3, 0.4) is 0 Å². The fraction of sp³-hybridized carbons (Fsp3) is 0.500. The Morgan fingerprint density at radius 1 is 0.880 bits per heavy atom. The molecule has 5 aliphatic heterocycles. The Balaban J connectivity index is 0.621. The number of hydrogen-bond acceptors (Lipinski definition) is 17. The molecule has 18 nitrogen and oxygen atoms in total. The summed E-state index contributed by atoms with van der Waals surface area (Å²) in [4.78, 5) is 54.5. The number of β-amino-alcohol motifs (C(OH)–C–C–N with tert-alkyl or cyclic N) is 1. The van der Waals surface area contributed by atoms with Crippen molar-refractivity contribution in [3.05, 3.63) is 101 Å². The second-order valence-electron chi connectivity index (χ2n) is 21.8. The SMILES string of the molecule is Cc1ncsc1-c1ccc(CNC(=O)[C@@H]2C[C@@H](O)CN2C(=O)[C@@H](c2cc(N3CCC(CCN4CCC(c5cnc(N6C7CCC6CN(c6cc(-c8ccccc8O)nnc6N)C7)nc5)CC4)CC3)no2)C(C)C)cc1. The number of hydrogen-bond donors (Lipinski definition) is 4. The smallest absolute Gasteiger partial charge is 0.243 e. The van der Waals surface area contributed by atoms with E-state index in [1.54, 1.807) is 23.5 Å². The highest BCUT2D eigenvalue weighted by atomic mass is 32.1. The molecule has 11 rings (SSSR count). The van der Waals surface area contributed by atoms with Gasteiger partial charge in [-0.2, -0.15) is 0 Å². The summed E-state index contributed by atoms with van der Waals surface area (Å²) >= 11 is 1.60. The van der Waals surface area contributed by atoms with Crippen LogP contribution in [0.1, 0.15) is 99.6 Å². The maximum Gasteiger partial charge on any atom is 0.243 e. The van der Waals surface area contributed by atoms with Crippen molar-refractivity contribution >= 4 is 46.4 Å². The van der Waals surface area contributed by atoms with E-state index in [0.29, 0.717) is 41.2 Å². The topological polar surface area (TPSA) is 219 Å². The molecule has 0 saturated carbocycles. The van der Waals surface area contributed by atoms with Crippen molar-refractivity contribution < 1.29 is 24.3 Å². The second kappa shape index (κ2) is 21.9. The fourth-order valence-corrected chi connectivity index (χ4v) is 13.1. The van der Waals surface area contributed by atoms with Crippen molar-refractivity contribution in [3.63, 3.8) is 0 Å². The number of aliphatic hydroxyl groups excluding tert-OH is 1. The molecule has 5 N–H and O–H groups in total. The number of amides is 2. The van der Waals surface area contributed by atoms with Gasteiger partial charge in [0.1, 0.15) is 17.7 Å². The number of carbonyl (C=O) groups is 2. The van der Waals surface area contributed by atoms with Crippen LogP contribution in [0.25, 0.3) is 21.7 Å². The van der Waals surface area contributed by atoms with Gasteiger partial charge in [-0.3, -0.25) is 9.59 Å². The minimum Gasteiger partial charge on any atom is -0.507 e. The minimum atomic E-state index is -0.791. The third kappa shape index (κ3) is 10.8. The summed E-state index contributed by atoms with van der Waals surface area (Å²) in [7, 11) is 0. The highest BCUT2D eigenvalue weighted by Gasteiger charge is 2.44. The molecule has 19 heteroatoms. The highest BCUT2D eigenvalue weighted by molar-refractivity contribution is 7.13. The zero-order valence-electron chi connectivity index (χ0n) is 43.2. The van der Waals surface area contributed by atoms with E-state index in [4.69, 9.17) is 20.2 Å². The average molecular weight is 1040 g/mol. The van der Waals surface area contributed by atoms with Gasteiger partial charge >= 0.3 is 0 Å². The van der Waals surface area contributed by atoms with Crippen LogP contribution in [-0.2, 0) is 16.1 Å². The third-order valence-electron chi connectivity index (χ3n) is 16.6. The first-order chi connectivity index (χ1) is 36.4. The van der Waals surface area contributed by atoms with Crippen molar-refractivity contribution in [2.75, 3.05) is 72.8 Å². The van der Waals surface area contributed by atoms with E-state index in [9.17, 15) is 19.8 Å². The summed E-state index contributed by atoms with van der Waals surface area (Å²) in [5.41, 5.74) is 14.5. The molecular formula is C56H69N13O5S. The molecular weight excluding hydrogens is 967 g/mol. The van der Waals surface area contributed by atoms with Gasteiger partial charge in [-0.25, -0.2) is 15.0 Å². The summed E-state index contributed by atoms with van der Waals surface area (Å²) in [6, 6.07) is 18.8. The Labute approximate surface area is 442 Å². The number of nitrogens with one attached hydrogen (secondary N) is 1. The monoisotopic (exact) mass is 1040 g/mol. The molecule has 2 amide bonds. The Hall–Kier alpha value is -6.70. The number of anilines is 4. The quantitative estimate of drug-likeness (QED) is 0.0814. The molecule has 394 valence electrons. The number of aryl methyl sites for hydroxylation is 1. The van der Waals surface area contributed by atoms with Gasteiger partial charge in [-0.15, -0.1) is 21.5 Å². The maximum atomic E-state index is 14.3. The molecule has 6 aromatic rings. The Morgan fingerprint density at radius 2 is 1.61 bits per heavy atom. The minimum absolute atomic E-state index is 0.0928. The first kappa shape index (κ1) is 50.5. The fourth-order valence-electron chi connectivity index (χ4n) is 12.3. The van der Waals surface area contributed by atoms with E-state index < -0.39 is 18.1 Å². The highest BCUT2D eigenvalue weighted by Crippen LogP contribution is 2.40. The lowest BCUT2D eigenvalue weighted by Crippen LogP contribution is -2.54. The molecule has 2 unspecified atom stereocenters. The third-order valence-corrected chi connectivity index (χ3v) is 17.6. The number of phenols is 1. The van der Waals surface area contributed by atoms with Gasteiger partial charge in [0, 0.05) is 81.8 Å². The van der Waals surface area contributed by atoms with E-state index in [0.717, 1.165) is 130 Å². The molecule has 5 atom stereocenters. The molecule has 0 radical (unpaired) electrons.